The van der Waals surface area contributed by atoms with E-state index < -0.39 is 0 Å². The Kier molecular flexibility index (Phi) is 4.39. The molecule has 0 N–H and O–H groups in total. The van der Waals surface area contributed by atoms with E-state index in [9.17, 15) is 4.79 Å². The molecule has 82 valence electrons. The molecule has 14 heavy (non-hydrogen) atoms. The predicted octanol–water partition coefficient (Wildman–Crippen LogP) is 1.67. The molecule has 1 aliphatic rings. The maximum absolute atomic E-state index is 11.4. The molecular weight excluding hydrogens is 178 g/mol. The molecule has 0 spiro atoms. The number of carbonyl (C=O) groups is 1. The second kappa shape index (κ2) is 5.35. The standard InChI is InChI=1S/C11H21NO2/c1-9(2)6-8-12-7-4-5-10(12)11(13)14-3/h9-10H,4-8H2,1-3H3/t10-/m1/s1. The predicted molar refractivity (Wildman–Crippen MR) is 56.1 cm³/mol. The monoisotopic (exact) mass is 199 g/mol. The number of likely N-dealkylation sites (tertiary alicyclic amines) is 1. The normalized spacial score (nSPS) is 23.0. The van der Waals surface area contributed by atoms with Gasteiger partial charge < -0.3 is 4.74 Å². The van der Waals surface area contributed by atoms with Gasteiger partial charge in [0, 0.05) is 0 Å². The fraction of sp³-hybridized carbons (Fsp3) is 0.909. The number of nitrogens with zero attached hydrogens (tertiary/aromatic N) is 1. The number of ether oxygens (including phenoxy) is 1. The second-order valence-corrected chi connectivity index (χ2v) is 4.40. The number of hydrogen-bond donors (Lipinski definition) is 0. The van der Waals surface area contributed by atoms with Crippen LogP contribution in [0.15, 0.2) is 0 Å². The largest absolute Gasteiger partial charge is 0.468 e. The molecule has 0 amide bonds. The van der Waals surface area contributed by atoms with Crippen molar-refractivity contribution in [2.45, 2.75) is 39.2 Å². The average molecular weight is 199 g/mol. The lowest BCUT2D eigenvalue weighted by Gasteiger charge is -2.22. The van der Waals surface area contributed by atoms with Crippen LogP contribution >= 0.6 is 0 Å². The molecule has 1 fully saturated rings. The molecule has 0 aliphatic carbocycles. The van der Waals surface area contributed by atoms with Crippen molar-refractivity contribution in [3.63, 3.8) is 0 Å². The fourth-order valence-corrected chi connectivity index (χ4v) is 1.92. The van der Waals surface area contributed by atoms with Gasteiger partial charge >= 0.3 is 5.97 Å². The molecule has 0 saturated carbocycles. The second-order valence-electron chi connectivity index (χ2n) is 4.40. The summed E-state index contributed by atoms with van der Waals surface area (Å²) in [5.41, 5.74) is 0. The van der Waals surface area contributed by atoms with Gasteiger partial charge in [-0.1, -0.05) is 13.8 Å². The Morgan fingerprint density at radius 2 is 2.29 bits per heavy atom. The van der Waals surface area contributed by atoms with Gasteiger partial charge in [0.2, 0.25) is 0 Å². The van der Waals surface area contributed by atoms with Crippen molar-refractivity contribution >= 4 is 5.97 Å². The average Bonchev–Trinajstić information content (AvgIpc) is 2.61. The van der Waals surface area contributed by atoms with Gasteiger partial charge in [-0.2, -0.15) is 0 Å². The zero-order chi connectivity index (χ0) is 10.6. The van der Waals surface area contributed by atoms with Crippen LogP contribution in [0, 0.1) is 5.92 Å². The van der Waals surface area contributed by atoms with Gasteiger partial charge in [-0.25, -0.2) is 0 Å². The molecule has 0 aromatic carbocycles. The fourth-order valence-electron chi connectivity index (χ4n) is 1.92. The lowest BCUT2D eigenvalue weighted by atomic mass is 10.1. The summed E-state index contributed by atoms with van der Waals surface area (Å²) in [6.07, 6.45) is 3.25. The zero-order valence-corrected chi connectivity index (χ0v) is 9.45. The SMILES string of the molecule is COC(=O)[C@H]1CCCN1CCC(C)C. The minimum atomic E-state index is -0.0637. The first kappa shape index (κ1) is 11.5. The van der Waals surface area contributed by atoms with E-state index in [2.05, 4.69) is 18.7 Å². The van der Waals surface area contributed by atoms with E-state index in [1.807, 2.05) is 0 Å². The summed E-state index contributed by atoms with van der Waals surface area (Å²) >= 11 is 0. The molecule has 1 saturated heterocycles. The lowest BCUT2D eigenvalue weighted by molar-refractivity contribution is -0.145. The number of rotatable bonds is 4. The number of methoxy groups -OCH3 is 1. The van der Waals surface area contributed by atoms with Crippen molar-refractivity contribution in [3.05, 3.63) is 0 Å². The van der Waals surface area contributed by atoms with Crippen molar-refractivity contribution in [1.82, 2.24) is 4.90 Å². The number of hydrogen-bond acceptors (Lipinski definition) is 3. The summed E-state index contributed by atoms with van der Waals surface area (Å²) in [4.78, 5) is 13.7. The molecule has 0 aromatic heterocycles. The van der Waals surface area contributed by atoms with Crippen LogP contribution in [0.3, 0.4) is 0 Å². The van der Waals surface area contributed by atoms with Crippen molar-refractivity contribution in [1.29, 1.82) is 0 Å². The van der Waals surface area contributed by atoms with Crippen molar-refractivity contribution in [2.24, 2.45) is 5.92 Å². The minimum Gasteiger partial charge on any atom is -0.468 e. The summed E-state index contributed by atoms with van der Waals surface area (Å²) in [7, 11) is 1.47. The number of carbonyl (C=O) groups excluding carboxylic acids is 1. The third-order valence-corrected chi connectivity index (χ3v) is 2.83. The van der Waals surface area contributed by atoms with Gasteiger partial charge in [-0.3, -0.25) is 9.69 Å². The summed E-state index contributed by atoms with van der Waals surface area (Å²) in [5.74, 6) is 0.639. The van der Waals surface area contributed by atoms with Crippen LogP contribution in [-0.2, 0) is 9.53 Å². The first-order chi connectivity index (χ1) is 6.65. The van der Waals surface area contributed by atoms with E-state index in [-0.39, 0.29) is 12.0 Å². The van der Waals surface area contributed by atoms with Gasteiger partial charge in [-0.05, 0) is 38.3 Å². The maximum atomic E-state index is 11.4. The smallest absolute Gasteiger partial charge is 0.323 e. The molecular formula is C11H21NO2. The molecule has 0 unspecified atom stereocenters. The molecule has 0 aromatic rings. The van der Waals surface area contributed by atoms with Crippen LogP contribution in [0.4, 0.5) is 0 Å². The van der Waals surface area contributed by atoms with Crippen LogP contribution in [0.5, 0.6) is 0 Å². The molecule has 1 atom stereocenters. The summed E-state index contributed by atoms with van der Waals surface area (Å²) in [5, 5.41) is 0. The van der Waals surface area contributed by atoms with Gasteiger partial charge in [0.15, 0.2) is 0 Å². The van der Waals surface area contributed by atoms with Crippen molar-refractivity contribution in [2.75, 3.05) is 20.2 Å². The van der Waals surface area contributed by atoms with Gasteiger partial charge in [0.05, 0.1) is 7.11 Å². The van der Waals surface area contributed by atoms with Crippen LogP contribution in [0.1, 0.15) is 33.1 Å². The van der Waals surface area contributed by atoms with Crippen LogP contribution in [0.2, 0.25) is 0 Å². The van der Waals surface area contributed by atoms with Gasteiger partial charge in [0.1, 0.15) is 6.04 Å². The highest BCUT2D eigenvalue weighted by Crippen LogP contribution is 2.19. The van der Waals surface area contributed by atoms with E-state index >= 15 is 0 Å². The highest BCUT2D eigenvalue weighted by molar-refractivity contribution is 5.75. The maximum Gasteiger partial charge on any atom is 0.323 e. The first-order valence-corrected chi connectivity index (χ1v) is 5.47. The first-order valence-electron chi connectivity index (χ1n) is 5.47. The van der Waals surface area contributed by atoms with E-state index in [1.54, 1.807) is 0 Å². The third-order valence-electron chi connectivity index (χ3n) is 2.83. The molecule has 1 heterocycles. The molecule has 1 aliphatic heterocycles. The Labute approximate surface area is 86.4 Å². The molecule has 1 rings (SSSR count). The lowest BCUT2D eigenvalue weighted by Crippen LogP contribution is -2.37. The Bertz CT molecular complexity index is 192. The van der Waals surface area contributed by atoms with E-state index in [0.29, 0.717) is 5.92 Å². The van der Waals surface area contributed by atoms with Gasteiger partial charge in [-0.15, -0.1) is 0 Å². The Balaban J connectivity index is 2.39. The Morgan fingerprint density at radius 3 is 2.86 bits per heavy atom. The topological polar surface area (TPSA) is 29.5 Å². The van der Waals surface area contributed by atoms with Gasteiger partial charge in [0.25, 0.3) is 0 Å². The Morgan fingerprint density at radius 1 is 1.57 bits per heavy atom. The molecule has 3 heteroatoms. The van der Waals surface area contributed by atoms with E-state index in [4.69, 9.17) is 4.74 Å². The minimum absolute atomic E-state index is 0.0266. The van der Waals surface area contributed by atoms with Crippen molar-refractivity contribution in [3.8, 4) is 0 Å². The Hall–Kier alpha value is -0.570. The van der Waals surface area contributed by atoms with Crippen molar-refractivity contribution < 1.29 is 9.53 Å². The van der Waals surface area contributed by atoms with Crippen LogP contribution in [-0.4, -0.2) is 37.1 Å². The van der Waals surface area contributed by atoms with E-state index in [0.717, 1.165) is 32.4 Å². The molecule has 0 radical (unpaired) electrons. The van der Waals surface area contributed by atoms with Crippen LogP contribution < -0.4 is 0 Å². The zero-order valence-electron chi connectivity index (χ0n) is 9.45. The molecule has 0 bridgehead atoms. The quantitative estimate of drug-likeness (QED) is 0.645. The summed E-state index contributed by atoms with van der Waals surface area (Å²) < 4.78 is 4.79. The van der Waals surface area contributed by atoms with Crippen LogP contribution in [0.25, 0.3) is 0 Å². The number of esters is 1. The highest BCUT2D eigenvalue weighted by atomic mass is 16.5. The highest BCUT2D eigenvalue weighted by Gasteiger charge is 2.30. The summed E-state index contributed by atoms with van der Waals surface area (Å²) in [6.45, 7) is 6.50. The molecule has 3 nitrogen and oxygen atoms in total. The summed E-state index contributed by atoms with van der Waals surface area (Å²) in [6, 6.07) is 0.0266. The third kappa shape index (κ3) is 2.98. The van der Waals surface area contributed by atoms with E-state index in [1.165, 1.54) is 7.11 Å².